The van der Waals surface area contributed by atoms with E-state index in [2.05, 4.69) is 14.9 Å². The summed E-state index contributed by atoms with van der Waals surface area (Å²) in [5.41, 5.74) is 1.91. The van der Waals surface area contributed by atoms with Gasteiger partial charge in [-0.2, -0.15) is 0 Å². The molecule has 1 saturated heterocycles. The van der Waals surface area contributed by atoms with Crippen molar-refractivity contribution in [2.75, 3.05) is 32.8 Å². The van der Waals surface area contributed by atoms with Gasteiger partial charge < -0.3 is 14.7 Å². The number of aromatic nitrogens is 2. The monoisotopic (exact) mass is 426 g/mol. The zero-order valence-corrected chi connectivity index (χ0v) is 17.4. The molecule has 7 nitrogen and oxygen atoms in total. The first-order chi connectivity index (χ1) is 14.6. The summed E-state index contributed by atoms with van der Waals surface area (Å²) in [6, 6.07) is 10.8. The van der Waals surface area contributed by atoms with Crippen molar-refractivity contribution in [1.82, 2.24) is 19.8 Å². The van der Waals surface area contributed by atoms with Crippen LogP contribution in [0.2, 0.25) is 5.02 Å². The molecule has 156 valence electrons. The van der Waals surface area contributed by atoms with E-state index in [0.29, 0.717) is 54.3 Å². The van der Waals surface area contributed by atoms with E-state index in [-0.39, 0.29) is 17.9 Å². The number of fused-ring (bicyclic) bond motifs is 1. The number of piperazine rings is 1. The van der Waals surface area contributed by atoms with Crippen molar-refractivity contribution in [1.29, 1.82) is 0 Å². The second kappa shape index (κ2) is 8.85. The molecule has 1 amide bonds. The third kappa shape index (κ3) is 3.91. The topological polar surface area (TPSA) is 78.8 Å². The number of phenols is 1. The van der Waals surface area contributed by atoms with Crippen LogP contribution in [-0.4, -0.2) is 63.8 Å². The number of pyridine rings is 2. The van der Waals surface area contributed by atoms with Gasteiger partial charge in [0.1, 0.15) is 11.3 Å². The minimum atomic E-state index is -0.320. The summed E-state index contributed by atoms with van der Waals surface area (Å²) >= 11 is 6.54. The highest BCUT2D eigenvalue weighted by Gasteiger charge is 2.32. The highest BCUT2D eigenvalue weighted by atomic mass is 35.5. The summed E-state index contributed by atoms with van der Waals surface area (Å²) in [6.07, 6.45) is 3.07. The van der Waals surface area contributed by atoms with Crippen LogP contribution in [0.3, 0.4) is 0 Å². The van der Waals surface area contributed by atoms with Gasteiger partial charge >= 0.3 is 6.09 Å². The van der Waals surface area contributed by atoms with Gasteiger partial charge in [0, 0.05) is 49.5 Å². The Kier molecular flexibility index (Phi) is 6.01. The van der Waals surface area contributed by atoms with Crippen LogP contribution >= 0.6 is 11.6 Å². The van der Waals surface area contributed by atoms with E-state index >= 15 is 0 Å². The van der Waals surface area contributed by atoms with Gasteiger partial charge in [0.2, 0.25) is 0 Å². The Labute approximate surface area is 179 Å². The lowest BCUT2D eigenvalue weighted by Crippen LogP contribution is -2.50. The van der Waals surface area contributed by atoms with Crippen LogP contribution in [0.1, 0.15) is 24.2 Å². The molecule has 0 bridgehead atoms. The Balaban J connectivity index is 1.72. The predicted molar refractivity (Wildman–Crippen MR) is 115 cm³/mol. The average Bonchev–Trinajstić information content (AvgIpc) is 2.79. The number of carbonyl (C=O) groups excluding carboxylic acids is 1. The minimum absolute atomic E-state index is 0.0958. The van der Waals surface area contributed by atoms with Crippen molar-refractivity contribution < 1.29 is 14.6 Å². The molecule has 0 spiro atoms. The van der Waals surface area contributed by atoms with E-state index in [0.717, 1.165) is 5.69 Å². The molecular formula is C22H23ClN4O3. The number of halogens is 1. The maximum Gasteiger partial charge on any atom is 0.409 e. The normalized spacial score (nSPS) is 15.9. The quantitative estimate of drug-likeness (QED) is 0.682. The summed E-state index contributed by atoms with van der Waals surface area (Å²) in [5, 5.41) is 12.3. The molecule has 4 rings (SSSR count). The second-order valence-electron chi connectivity index (χ2n) is 7.07. The van der Waals surface area contributed by atoms with Crippen LogP contribution < -0.4 is 0 Å². The smallest absolute Gasteiger partial charge is 0.409 e. The lowest BCUT2D eigenvalue weighted by Gasteiger charge is -2.39. The van der Waals surface area contributed by atoms with E-state index in [9.17, 15) is 9.90 Å². The van der Waals surface area contributed by atoms with Crippen LogP contribution in [0, 0.1) is 0 Å². The lowest BCUT2D eigenvalue weighted by molar-refractivity contribution is 0.0707. The fourth-order valence-corrected chi connectivity index (χ4v) is 4.14. The molecular weight excluding hydrogens is 404 g/mol. The molecule has 3 aromatic rings. The summed E-state index contributed by atoms with van der Waals surface area (Å²) in [7, 11) is 0. The van der Waals surface area contributed by atoms with Gasteiger partial charge in [0.25, 0.3) is 0 Å². The SMILES string of the molecule is CCOC(=O)N1CCN(C(c2ccccn2)c2cc(Cl)c3cccnc3c2O)CC1. The zero-order valence-electron chi connectivity index (χ0n) is 16.7. The molecule has 30 heavy (non-hydrogen) atoms. The Bertz CT molecular complexity index is 1040. The lowest BCUT2D eigenvalue weighted by atomic mass is 9.97. The molecule has 8 heteroatoms. The molecule has 1 unspecified atom stereocenters. The van der Waals surface area contributed by atoms with Crippen LogP contribution in [0.5, 0.6) is 5.75 Å². The fraction of sp³-hybridized carbons (Fsp3) is 0.318. The Morgan fingerprint density at radius 1 is 1.17 bits per heavy atom. The van der Waals surface area contributed by atoms with Crippen molar-refractivity contribution in [2.45, 2.75) is 13.0 Å². The largest absolute Gasteiger partial charge is 0.505 e. The fourth-order valence-electron chi connectivity index (χ4n) is 3.87. The van der Waals surface area contributed by atoms with Crippen LogP contribution in [0.15, 0.2) is 48.8 Å². The number of carbonyl (C=O) groups is 1. The number of aromatic hydroxyl groups is 1. The number of ether oxygens (including phenoxy) is 1. The molecule has 2 aromatic heterocycles. The van der Waals surface area contributed by atoms with Crippen LogP contribution in [-0.2, 0) is 4.74 Å². The molecule has 0 aliphatic carbocycles. The first kappa shape index (κ1) is 20.4. The van der Waals surface area contributed by atoms with Crippen molar-refractivity contribution in [3.8, 4) is 5.75 Å². The van der Waals surface area contributed by atoms with E-state index in [1.807, 2.05) is 24.3 Å². The first-order valence-corrected chi connectivity index (χ1v) is 10.3. The number of hydrogen-bond acceptors (Lipinski definition) is 6. The number of amides is 1. The molecule has 1 fully saturated rings. The summed E-state index contributed by atoms with van der Waals surface area (Å²) < 4.78 is 5.12. The molecule has 0 radical (unpaired) electrons. The van der Waals surface area contributed by atoms with Crippen LogP contribution in [0.4, 0.5) is 4.79 Å². The van der Waals surface area contributed by atoms with E-state index in [1.54, 1.807) is 36.4 Å². The van der Waals surface area contributed by atoms with Crippen molar-refractivity contribution in [3.63, 3.8) is 0 Å². The second-order valence-corrected chi connectivity index (χ2v) is 7.48. The van der Waals surface area contributed by atoms with Gasteiger partial charge in [-0.05, 0) is 37.3 Å². The van der Waals surface area contributed by atoms with Crippen molar-refractivity contribution in [2.24, 2.45) is 0 Å². The molecule has 0 saturated carbocycles. The number of rotatable bonds is 4. The minimum Gasteiger partial charge on any atom is -0.505 e. The number of hydrogen-bond donors (Lipinski definition) is 1. The molecule has 1 aromatic carbocycles. The Morgan fingerprint density at radius 2 is 1.93 bits per heavy atom. The molecule has 1 aliphatic rings. The number of phenolic OH excluding ortho intramolecular Hbond substituents is 1. The molecule has 1 atom stereocenters. The van der Waals surface area contributed by atoms with Gasteiger partial charge in [-0.25, -0.2) is 4.79 Å². The Morgan fingerprint density at radius 3 is 2.63 bits per heavy atom. The number of nitrogens with zero attached hydrogens (tertiary/aromatic N) is 4. The highest BCUT2D eigenvalue weighted by molar-refractivity contribution is 6.35. The molecule has 1 N–H and O–H groups in total. The van der Waals surface area contributed by atoms with Gasteiger partial charge in [-0.15, -0.1) is 0 Å². The summed E-state index contributed by atoms with van der Waals surface area (Å²) in [4.78, 5) is 24.8. The highest BCUT2D eigenvalue weighted by Crippen LogP contribution is 2.40. The molecule has 1 aliphatic heterocycles. The summed E-state index contributed by atoms with van der Waals surface area (Å²) in [5.74, 6) is 0.0958. The van der Waals surface area contributed by atoms with Gasteiger partial charge in [0.15, 0.2) is 0 Å². The van der Waals surface area contributed by atoms with Crippen molar-refractivity contribution >= 4 is 28.6 Å². The van der Waals surface area contributed by atoms with Gasteiger partial charge in [-0.1, -0.05) is 17.7 Å². The van der Waals surface area contributed by atoms with E-state index in [4.69, 9.17) is 16.3 Å². The zero-order chi connectivity index (χ0) is 21.1. The van der Waals surface area contributed by atoms with Crippen LogP contribution in [0.25, 0.3) is 10.9 Å². The maximum absolute atomic E-state index is 12.1. The van der Waals surface area contributed by atoms with E-state index in [1.165, 1.54) is 0 Å². The molecule has 3 heterocycles. The maximum atomic E-state index is 12.1. The third-order valence-electron chi connectivity index (χ3n) is 5.31. The van der Waals surface area contributed by atoms with Gasteiger partial charge in [-0.3, -0.25) is 14.9 Å². The van der Waals surface area contributed by atoms with Crippen molar-refractivity contribution in [3.05, 3.63) is 65.1 Å². The van der Waals surface area contributed by atoms with E-state index < -0.39 is 0 Å². The first-order valence-electron chi connectivity index (χ1n) is 9.93. The third-order valence-corrected chi connectivity index (χ3v) is 5.63. The average molecular weight is 427 g/mol. The standard InChI is InChI=1S/C22H23ClN4O3/c1-2-30-22(29)27-12-10-26(11-13-27)20(18-7-3-4-8-24-18)16-14-17(23)15-6-5-9-25-19(15)21(16)28/h3-9,14,20,28H,2,10-13H2,1H3. The van der Waals surface area contributed by atoms with Gasteiger partial charge in [0.05, 0.1) is 23.4 Å². The summed E-state index contributed by atoms with van der Waals surface area (Å²) in [6.45, 7) is 4.43. The Hall–Kier alpha value is -2.90. The predicted octanol–water partition coefficient (Wildman–Crippen LogP) is 3.85. The number of benzene rings is 1.